The molecule has 12 aromatic rings. The van der Waals surface area contributed by atoms with Crippen LogP contribution in [0.3, 0.4) is 0 Å². The van der Waals surface area contributed by atoms with Crippen molar-refractivity contribution in [1.29, 1.82) is 0 Å². The number of anilines is 2. The molecule has 7 aromatic heterocycles. The third-order valence-corrected chi connectivity index (χ3v) is 11.9. The van der Waals surface area contributed by atoms with Gasteiger partial charge in [-0.05, 0) is 87.0 Å². The van der Waals surface area contributed by atoms with Crippen molar-refractivity contribution in [3.05, 3.63) is 230 Å². The number of pyridine rings is 2. The van der Waals surface area contributed by atoms with Gasteiger partial charge in [0.1, 0.15) is 0 Å². The molecule has 7 heterocycles. The van der Waals surface area contributed by atoms with E-state index >= 15 is 0 Å². The molecule has 0 atom stereocenters. The van der Waals surface area contributed by atoms with Crippen molar-refractivity contribution < 1.29 is 115 Å². The monoisotopic (exact) mass is 1340 g/mol. The summed E-state index contributed by atoms with van der Waals surface area (Å²) in [6.07, 6.45) is 19.8. The third-order valence-electron chi connectivity index (χ3n) is 10.8. The number of benzene rings is 5. The molecule has 0 bridgehead atoms. The Morgan fingerprint density at radius 3 is 1.35 bits per heavy atom. The molecule has 0 amide bonds. The van der Waals surface area contributed by atoms with Crippen LogP contribution >= 0.6 is 0 Å². The maximum Gasteiger partial charge on any atom is 0.237 e. The van der Waals surface area contributed by atoms with E-state index in [-0.39, 0.29) is 110 Å². The maximum atomic E-state index is 11.1. The van der Waals surface area contributed by atoms with Crippen molar-refractivity contribution in [2.24, 2.45) is 0 Å². The zero-order valence-electron chi connectivity index (χ0n) is 45.8. The fourth-order valence-electron chi connectivity index (χ4n) is 7.28. The Morgan fingerprint density at radius 1 is 0.358 bits per heavy atom. The number of rotatable bonds is 4. The Morgan fingerprint density at radius 2 is 0.827 bits per heavy atom. The van der Waals surface area contributed by atoms with Gasteiger partial charge in [0.25, 0.3) is 0 Å². The predicted octanol–water partition coefficient (Wildman–Crippen LogP) is 10.3. The van der Waals surface area contributed by atoms with Crippen LogP contribution in [0.25, 0.3) is 54.4 Å². The number of sulfonamides is 2. The molecule has 405 valence electrons. The summed E-state index contributed by atoms with van der Waals surface area (Å²) >= 11 is 0. The van der Waals surface area contributed by atoms with Gasteiger partial charge in [0.05, 0.1) is 40.4 Å². The second kappa shape index (κ2) is 35.0. The van der Waals surface area contributed by atoms with Crippen molar-refractivity contribution in [2.75, 3.05) is 22.0 Å². The fraction of sp³-hybridized carbons (Fsp3) is 0.138. The molecule has 2 N–H and O–H groups in total. The van der Waals surface area contributed by atoms with Gasteiger partial charge in [0, 0.05) is 157 Å². The smallest absolute Gasteiger partial charge is 0.237 e. The molecule has 5 aromatic carbocycles. The van der Waals surface area contributed by atoms with E-state index < -0.39 is 20.0 Å². The summed E-state index contributed by atoms with van der Waals surface area (Å²) < 4.78 is 48.9. The molecule has 0 fully saturated rings. The molecule has 81 heavy (non-hydrogen) atoms. The largest absolute Gasteiger partial charge is 0.374 e. The molecular formula is C58H55N14O4S2Y3-3. The molecule has 12 rings (SSSR count). The Balaban J connectivity index is 0.000000253. The van der Waals surface area contributed by atoms with Gasteiger partial charge >= 0.3 is 0 Å². The van der Waals surface area contributed by atoms with Crippen LogP contribution in [0.4, 0.5) is 11.9 Å². The first-order chi connectivity index (χ1) is 37.5. The average Bonchev–Trinajstić information content (AvgIpc) is 3.44. The molecule has 0 aliphatic rings. The van der Waals surface area contributed by atoms with Crippen LogP contribution in [0.15, 0.2) is 177 Å². The Hall–Kier alpha value is -6.09. The van der Waals surface area contributed by atoms with Gasteiger partial charge in [-0.15, -0.1) is 12.1 Å². The summed E-state index contributed by atoms with van der Waals surface area (Å²) in [7, 11) is -6.69. The van der Waals surface area contributed by atoms with E-state index in [0.29, 0.717) is 0 Å². The average molecular weight is 1340 g/mol. The van der Waals surface area contributed by atoms with Crippen molar-refractivity contribution in [2.45, 2.75) is 41.5 Å². The number of nitrogens with one attached hydrogen (secondary N) is 2. The van der Waals surface area contributed by atoms with E-state index in [0.717, 1.165) is 79.1 Å². The third kappa shape index (κ3) is 23.4. The van der Waals surface area contributed by atoms with Gasteiger partial charge < -0.3 is 29.9 Å². The van der Waals surface area contributed by atoms with Gasteiger partial charge in [-0.25, -0.2) is 36.8 Å². The van der Waals surface area contributed by atoms with Crippen LogP contribution in [0.5, 0.6) is 0 Å². The molecule has 3 radical (unpaired) electrons. The quantitative estimate of drug-likeness (QED) is 0.156. The molecule has 0 spiro atoms. The van der Waals surface area contributed by atoms with Crippen molar-refractivity contribution >= 4 is 86.3 Å². The second-order valence-corrected chi connectivity index (χ2v) is 20.4. The van der Waals surface area contributed by atoms with E-state index in [9.17, 15) is 16.8 Å². The van der Waals surface area contributed by atoms with Crippen molar-refractivity contribution in [3.63, 3.8) is 0 Å². The Kier molecular flexibility index (Phi) is 29.9. The molecule has 23 heteroatoms. The van der Waals surface area contributed by atoms with Gasteiger partial charge in [-0.1, -0.05) is 140 Å². The number of fused-ring (bicyclic) bond motifs is 5. The molecule has 0 aliphatic heterocycles. The molecule has 0 saturated carbocycles. The summed E-state index contributed by atoms with van der Waals surface area (Å²) in [6.45, 7) is 11.7. The molecule has 18 nitrogen and oxygen atoms in total. The molecular weight excluding hydrogens is 1290 g/mol. The van der Waals surface area contributed by atoms with Gasteiger partial charge in [0.15, 0.2) is 0 Å². The van der Waals surface area contributed by atoms with Crippen LogP contribution in [-0.2, 0) is 118 Å². The first kappa shape index (κ1) is 69.2. The summed E-state index contributed by atoms with van der Waals surface area (Å²) in [5.74, 6) is 0.224. The number of aryl methyl sites for hydroxylation is 6. The minimum atomic E-state index is -3.35. The van der Waals surface area contributed by atoms with Crippen LogP contribution in [-0.4, -0.2) is 89.2 Å². The zero-order chi connectivity index (χ0) is 55.9. The first-order valence-corrected chi connectivity index (χ1v) is 27.6. The van der Waals surface area contributed by atoms with E-state index in [1.807, 2.05) is 156 Å². The molecule has 0 saturated heterocycles. The molecule has 0 aliphatic carbocycles. The Bertz CT molecular complexity index is 3830. The van der Waals surface area contributed by atoms with E-state index in [1.165, 1.54) is 21.7 Å². The van der Waals surface area contributed by atoms with E-state index in [4.69, 9.17) is 0 Å². The van der Waals surface area contributed by atoms with Crippen molar-refractivity contribution in [1.82, 2.24) is 59.8 Å². The SMILES string of the molecule is Cc1cccc2nc(NS(C)(=O)=O)nc(C)c12.Cc1ccnc2ccccc12.Cc1n[c-]nc2ccccc12.Cc1nc(NS(C)(=O)=O)nc2ccccc12.Cc1nccc2ccccc12.[Y].[Y].[Y].[c-]1ncccn1.[c-]1ncccn1. The topological polar surface area (TPSA) is 247 Å². The Labute approximate surface area is 548 Å². The summed E-state index contributed by atoms with van der Waals surface area (Å²) in [5, 5.41) is 6.74. The minimum Gasteiger partial charge on any atom is -0.374 e. The number of para-hydroxylation sites is 3. The molecule has 0 unspecified atom stereocenters. The normalized spacial score (nSPS) is 10.1. The zero-order valence-corrected chi connectivity index (χ0v) is 55.9. The summed E-state index contributed by atoms with van der Waals surface area (Å²) in [5.41, 5.74) is 9.45. The number of hydrogen-bond acceptors (Lipinski definition) is 16. The first-order valence-electron chi connectivity index (χ1n) is 23.8. The van der Waals surface area contributed by atoms with E-state index in [1.54, 1.807) is 36.9 Å². The van der Waals surface area contributed by atoms with Crippen LogP contribution < -0.4 is 9.44 Å². The number of aromatic nitrogens is 12. The number of nitrogens with zero attached hydrogens (tertiary/aromatic N) is 12. The van der Waals surface area contributed by atoms with Crippen LogP contribution in [0.1, 0.15) is 33.9 Å². The van der Waals surface area contributed by atoms with E-state index in [2.05, 4.69) is 113 Å². The maximum absolute atomic E-state index is 11.1. The fourth-order valence-corrected chi connectivity index (χ4v) is 8.12. The number of hydrogen-bond donors (Lipinski definition) is 2. The van der Waals surface area contributed by atoms with Gasteiger partial charge in [-0.3, -0.25) is 19.4 Å². The predicted molar refractivity (Wildman–Crippen MR) is 308 cm³/mol. The van der Waals surface area contributed by atoms with Gasteiger partial charge in [0.2, 0.25) is 31.9 Å². The van der Waals surface area contributed by atoms with Crippen LogP contribution in [0, 0.1) is 60.5 Å². The summed E-state index contributed by atoms with van der Waals surface area (Å²) in [4.78, 5) is 47.2. The summed E-state index contributed by atoms with van der Waals surface area (Å²) in [6, 6.07) is 45.1. The van der Waals surface area contributed by atoms with Crippen LogP contribution in [0.2, 0.25) is 0 Å². The van der Waals surface area contributed by atoms with Crippen molar-refractivity contribution in [3.8, 4) is 0 Å². The second-order valence-electron chi connectivity index (χ2n) is 16.9. The minimum absolute atomic E-state index is 0. The van der Waals surface area contributed by atoms with Gasteiger partial charge in [-0.2, -0.15) is 0 Å². The standard InChI is InChI=1S/C11H13N3O2S.C10H11N3O2S.2C10H9N.C9H7N2.2C4H3N2.3Y/c1-7-5-4-6-9-10(7)8(2)12-11(13-9)14-17(3,15)16;1-7-8-5-3-4-6-9(8)12-10(11-7)13-16(2,14)15;1-8-10-5-3-2-4-9(10)6-7-11-8;1-8-6-7-11-10-5-3-2-4-9(8)10;1-7-8-4-2-3-5-9(8)11-6-10-7;2*1-2-5-4-6-3-1;;;/h4-6H,1-3H3,(H,12,13,14);3-6H,1-2H3,(H,11,12,13);2*2-7H,1H3;2-5H,1H3;2*1-3H;;;/q;;;;3*-1;;;.